The van der Waals surface area contributed by atoms with Crippen molar-refractivity contribution in [3.8, 4) is 5.69 Å². The Morgan fingerprint density at radius 1 is 1.00 bits per heavy atom. The molecule has 1 fully saturated rings. The van der Waals surface area contributed by atoms with Gasteiger partial charge in [0.15, 0.2) is 5.17 Å². The van der Waals surface area contributed by atoms with Crippen LogP contribution >= 0.6 is 11.8 Å². The number of fused-ring (bicyclic) bond motifs is 1. The van der Waals surface area contributed by atoms with Crippen molar-refractivity contribution in [3.05, 3.63) is 93.8 Å². The lowest BCUT2D eigenvalue weighted by atomic mass is 10.1. The van der Waals surface area contributed by atoms with Gasteiger partial charge in [-0.05, 0) is 105 Å². The molecule has 2 aromatic carbocycles. The van der Waals surface area contributed by atoms with Gasteiger partial charge in [0.25, 0.3) is 5.91 Å². The molecule has 0 aliphatic carbocycles. The fourth-order valence-electron chi connectivity index (χ4n) is 4.29. The first-order chi connectivity index (χ1) is 15.9. The van der Waals surface area contributed by atoms with Crippen LogP contribution in [-0.2, 0) is 4.79 Å². The van der Waals surface area contributed by atoms with E-state index in [1.54, 1.807) is 6.20 Å². The number of nitrogens with one attached hydrogen (secondary N) is 1. The maximum absolute atomic E-state index is 12.6. The highest BCUT2D eigenvalue weighted by atomic mass is 32.2. The van der Waals surface area contributed by atoms with Gasteiger partial charge in [-0.1, -0.05) is 12.1 Å². The Morgan fingerprint density at radius 3 is 2.58 bits per heavy atom. The number of benzene rings is 2. The zero-order valence-corrected chi connectivity index (χ0v) is 19.8. The molecule has 2 aromatic heterocycles. The maximum Gasteiger partial charge on any atom is 0.264 e. The number of pyridine rings is 1. The topological polar surface area (TPSA) is 59.3 Å². The highest BCUT2D eigenvalue weighted by molar-refractivity contribution is 8.18. The second kappa shape index (κ2) is 8.37. The lowest BCUT2D eigenvalue weighted by molar-refractivity contribution is -0.115. The molecule has 0 unspecified atom stereocenters. The standard InChI is InChI=1S/C27H24N4OS/c1-16-10-17(2)12-22(11-16)29-27-30-26(32)25(33-27)15-21-13-18(3)31(19(21)4)23-7-8-24-20(14-23)6-5-9-28-24/h5-15H,1-4H3,(H,29,30,32)/b25-15-. The summed E-state index contributed by atoms with van der Waals surface area (Å²) in [6, 6.07) is 18.5. The van der Waals surface area contributed by atoms with Gasteiger partial charge in [-0.25, -0.2) is 4.99 Å². The number of thioether (sulfide) groups is 1. The molecule has 0 radical (unpaired) electrons. The van der Waals surface area contributed by atoms with Crippen LogP contribution in [0.5, 0.6) is 0 Å². The molecule has 164 valence electrons. The quantitative estimate of drug-likeness (QED) is 0.379. The third-order valence-corrected chi connectivity index (χ3v) is 6.60. The van der Waals surface area contributed by atoms with Gasteiger partial charge in [-0.2, -0.15) is 0 Å². The van der Waals surface area contributed by atoms with Gasteiger partial charge in [-0.3, -0.25) is 9.78 Å². The van der Waals surface area contributed by atoms with Gasteiger partial charge in [0.05, 0.1) is 16.1 Å². The summed E-state index contributed by atoms with van der Waals surface area (Å²) in [4.78, 5) is 22.3. The predicted octanol–water partition coefficient (Wildman–Crippen LogP) is 6.15. The summed E-state index contributed by atoms with van der Waals surface area (Å²) in [5.41, 5.74) is 8.40. The number of carbonyl (C=O) groups is 1. The van der Waals surface area contributed by atoms with Crippen LogP contribution < -0.4 is 5.32 Å². The lowest BCUT2D eigenvalue weighted by Gasteiger charge is -2.10. The Hall–Kier alpha value is -3.64. The van der Waals surface area contributed by atoms with E-state index in [-0.39, 0.29) is 5.91 Å². The number of aromatic nitrogens is 2. The molecule has 1 aliphatic rings. The van der Waals surface area contributed by atoms with Gasteiger partial charge in [-0.15, -0.1) is 0 Å². The second-order valence-electron chi connectivity index (χ2n) is 8.37. The van der Waals surface area contributed by atoms with E-state index in [1.165, 1.54) is 11.8 Å². The van der Waals surface area contributed by atoms with Crippen molar-refractivity contribution in [2.75, 3.05) is 0 Å². The highest BCUT2D eigenvalue weighted by Gasteiger charge is 2.24. The van der Waals surface area contributed by atoms with Crippen LogP contribution in [0, 0.1) is 27.7 Å². The minimum Gasteiger partial charge on any atom is -0.318 e. The minimum atomic E-state index is -0.121. The van der Waals surface area contributed by atoms with E-state index in [1.807, 2.05) is 44.2 Å². The summed E-state index contributed by atoms with van der Waals surface area (Å²) in [5, 5.41) is 4.60. The summed E-state index contributed by atoms with van der Waals surface area (Å²) < 4.78 is 2.21. The van der Waals surface area contributed by atoms with Crippen molar-refractivity contribution in [3.63, 3.8) is 0 Å². The lowest BCUT2D eigenvalue weighted by Crippen LogP contribution is -2.19. The Morgan fingerprint density at radius 2 is 1.79 bits per heavy atom. The Bertz CT molecular complexity index is 1460. The van der Waals surface area contributed by atoms with Crippen LogP contribution in [0.3, 0.4) is 0 Å². The minimum absolute atomic E-state index is 0.121. The van der Waals surface area contributed by atoms with Gasteiger partial charge in [0.2, 0.25) is 0 Å². The number of carbonyl (C=O) groups excluding carboxylic acids is 1. The highest BCUT2D eigenvalue weighted by Crippen LogP contribution is 2.31. The molecule has 4 aromatic rings. The largest absolute Gasteiger partial charge is 0.318 e. The van der Waals surface area contributed by atoms with Gasteiger partial charge < -0.3 is 9.88 Å². The zero-order valence-electron chi connectivity index (χ0n) is 19.0. The van der Waals surface area contributed by atoms with Crippen LogP contribution in [0.4, 0.5) is 5.69 Å². The van der Waals surface area contributed by atoms with Crippen LogP contribution in [0.25, 0.3) is 22.7 Å². The first kappa shape index (κ1) is 21.2. The molecule has 5 nitrogen and oxygen atoms in total. The Kier molecular flexibility index (Phi) is 5.38. The van der Waals surface area contributed by atoms with E-state index in [0.29, 0.717) is 10.1 Å². The second-order valence-corrected chi connectivity index (χ2v) is 9.40. The maximum atomic E-state index is 12.6. The molecule has 0 bridgehead atoms. The first-order valence-corrected chi connectivity index (χ1v) is 11.6. The van der Waals surface area contributed by atoms with Gasteiger partial charge in [0.1, 0.15) is 0 Å². The number of aliphatic imine (C=N–C) groups is 1. The van der Waals surface area contributed by atoms with Crippen molar-refractivity contribution in [2.24, 2.45) is 4.99 Å². The number of rotatable bonds is 3. The molecular formula is C27H24N4OS. The van der Waals surface area contributed by atoms with Gasteiger partial charge >= 0.3 is 0 Å². The molecule has 1 N–H and O–H groups in total. The number of amides is 1. The van der Waals surface area contributed by atoms with Crippen LogP contribution in [0.2, 0.25) is 0 Å². The third kappa shape index (κ3) is 4.22. The Balaban J connectivity index is 1.47. The van der Waals surface area contributed by atoms with Crippen molar-refractivity contribution in [2.45, 2.75) is 27.7 Å². The summed E-state index contributed by atoms with van der Waals surface area (Å²) >= 11 is 1.37. The van der Waals surface area contributed by atoms with E-state index >= 15 is 0 Å². The molecule has 1 aliphatic heterocycles. The molecule has 5 rings (SSSR count). The van der Waals surface area contributed by atoms with E-state index < -0.39 is 0 Å². The van der Waals surface area contributed by atoms with Crippen molar-refractivity contribution >= 4 is 45.5 Å². The normalized spacial score (nSPS) is 16.2. The fraction of sp³-hybridized carbons (Fsp3) is 0.148. The predicted molar refractivity (Wildman–Crippen MR) is 137 cm³/mol. The molecule has 1 saturated heterocycles. The van der Waals surface area contributed by atoms with Crippen molar-refractivity contribution in [1.29, 1.82) is 0 Å². The van der Waals surface area contributed by atoms with E-state index in [2.05, 4.69) is 64.0 Å². The number of hydrogen-bond donors (Lipinski definition) is 1. The molecule has 33 heavy (non-hydrogen) atoms. The van der Waals surface area contributed by atoms with Gasteiger partial charge in [0, 0.05) is 28.7 Å². The molecule has 0 spiro atoms. The number of hydrogen-bond acceptors (Lipinski definition) is 4. The molecule has 6 heteroatoms. The monoisotopic (exact) mass is 452 g/mol. The molecular weight excluding hydrogens is 428 g/mol. The molecule has 0 saturated carbocycles. The number of nitrogens with zero attached hydrogens (tertiary/aromatic N) is 3. The summed E-state index contributed by atoms with van der Waals surface area (Å²) in [6.07, 6.45) is 3.76. The Labute approximate surface area is 197 Å². The first-order valence-electron chi connectivity index (χ1n) is 10.8. The SMILES string of the molecule is Cc1cc(C)cc(N=C2NC(=O)/C(=C/c3cc(C)n(-c4ccc5ncccc5c4)c3C)S2)c1. The molecule has 3 heterocycles. The van der Waals surface area contributed by atoms with E-state index in [0.717, 1.165) is 50.4 Å². The number of aryl methyl sites for hydroxylation is 3. The van der Waals surface area contributed by atoms with E-state index in [4.69, 9.17) is 0 Å². The fourth-order valence-corrected chi connectivity index (χ4v) is 5.12. The van der Waals surface area contributed by atoms with Crippen LogP contribution in [0.15, 0.2) is 70.7 Å². The summed E-state index contributed by atoms with van der Waals surface area (Å²) in [5.74, 6) is -0.121. The summed E-state index contributed by atoms with van der Waals surface area (Å²) in [6.45, 7) is 8.25. The zero-order chi connectivity index (χ0) is 23.1. The van der Waals surface area contributed by atoms with E-state index in [9.17, 15) is 4.79 Å². The number of amidine groups is 1. The average Bonchev–Trinajstić information content (AvgIpc) is 3.24. The summed E-state index contributed by atoms with van der Waals surface area (Å²) in [7, 11) is 0. The smallest absolute Gasteiger partial charge is 0.264 e. The van der Waals surface area contributed by atoms with Crippen LogP contribution in [-0.4, -0.2) is 20.6 Å². The third-order valence-electron chi connectivity index (χ3n) is 5.69. The molecule has 0 atom stereocenters. The molecule has 1 amide bonds. The van der Waals surface area contributed by atoms with Crippen molar-refractivity contribution < 1.29 is 4.79 Å². The average molecular weight is 453 g/mol. The van der Waals surface area contributed by atoms with Crippen LogP contribution in [0.1, 0.15) is 28.1 Å². The van der Waals surface area contributed by atoms with Crippen molar-refractivity contribution in [1.82, 2.24) is 14.9 Å².